The van der Waals surface area contributed by atoms with Crippen LogP contribution in [0.25, 0.3) is 11.1 Å². The molecule has 1 heterocycles. The second-order valence-electron chi connectivity index (χ2n) is 4.84. The van der Waals surface area contributed by atoms with Gasteiger partial charge in [-0.2, -0.15) is 0 Å². The van der Waals surface area contributed by atoms with Crippen LogP contribution in [0.2, 0.25) is 0 Å². The molecule has 0 saturated carbocycles. The lowest BCUT2D eigenvalue weighted by Crippen LogP contribution is -2.10. The molecule has 0 N–H and O–H groups in total. The summed E-state index contributed by atoms with van der Waals surface area (Å²) >= 11 is 0. The molecule has 2 aromatic rings. The van der Waals surface area contributed by atoms with E-state index in [4.69, 9.17) is 4.42 Å². The van der Waals surface area contributed by atoms with Crippen molar-refractivity contribution in [1.29, 1.82) is 0 Å². The summed E-state index contributed by atoms with van der Waals surface area (Å²) in [7, 11) is 0. The van der Waals surface area contributed by atoms with Crippen LogP contribution in [0.5, 0.6) is 0 Å². The lowest BCUT2D eigenvalue weighted by Gasteiger charge is -2.19. The van der Waals surface area contributed by atoms with Gasteiger partial charge in [-0.05, 0) is 22.6 Å². The van der Waals surface area contributed by atoms with Gasteiger partial charge in [-0.15, -0.1) is 0 Å². The first-order valence-electron chi connectivity index (χ1n) is 5.20. The SMILES string of the molecule is CC(C)(C)c1cccc(-c2ccoc2)c1. The third kappa shape index (κ3) is 2.12. The highest BCUT2D eigenvalue weighted by atomic mass is 16.3. The molecule has 0 aliphatic carbocycles. The first-order chi connectivity index (χ1) is 7.07. The predicted octanol–water partition coefficient (Wildman–Crippen LogP) is 4.24. The van der Waals surface area contributed by atoms with E-state index in [0.717, 1.165) is 5.56 Å². The Hall–Kier alpha value is -1.50. The van der Waals surface area contributed by atoms with Crippen molar-refractivity contribution in [1.82, 2.24) is 0 Å². The van der Waals surface area contributed by atoms with Gasteiger partial charge in [-0.25, -0.2) is 0 Å². The fourth-order valence-electron chi connectivity index (χ4n) is 1.59. The normalized spacial score (nSPS) is 11.7. The number of furan rings is 1. The van der Waals surface area contributed by atoms with E-state index in [0.29, 0.717) is 0 Å². The van der Waals surface area contributed by atoms with E-state index in [1.807, 2.05) is 6.07 Å². The molecule has 0 spiro atoms. The summed E-state index contributed by atoms with van der Waals surface area (Å²) in [5, 5.41) is 0. The average Bonchev–Trinajstić information content (AvgIpc) is 2.69. The Kier molecular flexibility index (Phi) is 2.39. The van der Waals surface area contributed by atoms with Crippen LogP contribution in [0.1, 0.15) is 26.3 Å². The molecule has 2 rings (SSSR count). The van der Waals surface area contributed by atoms with Gasteiger partial charge < -0.3 is 4.42 Å². The molecule has 78 valence electrons. The molecule has 15 heavy (non-hydrogen) atoms. The van der Waals surface area contributed by atoms with Gasteiger partial charge in [0.05, 0.1) is 12.5 Å². The highest BCUT2D eigenvalue weighted by Gasteiger charge is 2.13. The summed E-state index contributed by atoms with van der Waals surface area (Å²) < 4.78 is 5.09. The Morgan fingerprint density at radius 2 is 1.80 bits per heavy atom. The third-order valence-corrected chi connectivity index (χ3v) is 2.58. The van der Waals surface area contributed by atoms with E-state index >= 15 is 0 Å². The van der Waals surface area contributed by atoms with E-state index in [1.54, 1.807) is 12.5 Å². The van der Waals surface area contributed by atoms with Gasteiger partial charge in [0.15, 0.2) is 0 Å². The predicted molar refractivity (Wildman–Crippen MR) is 62.8 cm³/mol. The Morgan fingerprint density at radius 1 is 1.00 bits per heavy atom. The van der Waals surface area contributed by atoms with Crippen LogP contribution in [0.4, 0.5) is 0 Å². The van der Waals surface area contributed by atoms with E-state index in [-0.39, 0.29) is 5.41 Å². The molecule has 0 bridgehead atoms. The zero-order valence-electron chi connectivity index (χ0n) is 9.45. The first kappa shape index (κ1) is 10.0. The van der Waals surface area contributed by atoms with Gasteiger partial charge in [0.25, 0.3) is 0 Å². The minimum atomic E-state index is 0.194. The largest absolute Gasteiger partial charge is 0.472 e. The second-order valence-corrected chi connectivity index (χ2v) is 4.84. The molecule has 1 nitrogen and oxygen atoms in total. The average molecular weight is 200 g/mol. The quantitative estimate of drug-likeness (QED) is 0.671. The summed E-state index contributed by atoms with van der Waals surface area (Å²) in [6, 6.07) is 10.6. The smallest absolute Gasteiger partial charge is 0.0980 e. The summed E-state index contributed by atoms with van der Waals surface area (Å²) in [6.45, 7) is 6.67. The van der Waals surface area contributed by atoms with E-state index in [2.05, 4.69) is 45.0 Å². The van der Waals surface area contributed by atoms with Crippen molar-refractivity contribution in [3.8, 4) is 11.1 Å². The van der Waals surface area contributed by atoms with Crippen molar-refractivity contribution in [2.45, 2.75) is 26.2 Å². The monoisotopic (exact) mass is 200 g/mol. The van der Waals surface area contributed by atoms with Crippen LogP contribution in [0, 0.1) is 0 Å². The van der Waals surface area contributed by atoms with Crippen LogP contribution in [-0.2, 0) is 5.41 Å². The molecular weight excluding hydrogens is 184 g/mol. The molecule has 0 radical (unpaired) electrons. The number of hydrogen-bond acceptors (Lipinski definition) is 1. The zero-order valence-corrected chi connectivity index (χ0v) is 9.45. The molecule has 1 aromatic carbocycles. The maximum atomic E-state index is 5.09. The molecule has 0 amide bonds. The van der Waals surface area contributed by atoms with Crippen LogP contribution < -0.4 is 0 Å². The second kappa shape index (κ2) is 3.58. The topological polar surface area (TPSA) is 13.1 Å². The summed E-state index contributed by atoms with van der Waals surface area (Å²) in [4.78, 5) is 0. The number of hydrogen-bond donors (Lipinski definition) is 0. The fourth-order valence-corrected chi connectivity index (χ4v) is 1.59. The van der Waals surface area contributed by atoms with Gasteiger partial charge in [0.2, 0.25) is 0 Å². The third-order valence-electron chi connectivity index (χ3n) is 2.58. The zero-order chi connectivity index (χ0) is 10.9. The Bertz CT molecular complexity index is 433. The number of benzene rings is 1. The van der Waals surface area contributed by atoms with Crippen LogP contribution in [0.15, 0.2) is 47.3 Å². The standard InChI is InChI=1S/C14H16O/c1-14(2,3)13-6-4-5-11(9-13)12-7-8-15-10-12/h4-10H,1-3H3. The van der Waals surface area contributed by atoms with Gasteiger partial charge >= 0.3 is 0 Å². The first-order valence-corrected chi connectivity index (χ1v) is 5.20. The summed E-state index contributed by atoms with van der Waals surface area (Å²) in [5.74, 6) is 0. The van der Waals surface area contributed by atoms with Crippen molar-refractivity contribution >= 4 is 0 Å². The van der Waals surface area contributed by atoms with Gasteiger partial charge in [0.1, 0.15) is 0 Å². The molecular formula is C14H16O. The lowest BCUT2D eigenvalue weighted by atomic mass is 9.86. The Labute approximate surface area is 90.7 Å². The minimum Gasteiger partial charge on any atom is -0.472 e. The van der Waals surface area contributed by atoms with Crippen LogP contribution in [0.3, 0.4) is 0 Å². The number of rotatable bonds is 1. The molecule has 0 fully saturated rings. The maximum Gasteiger partial charge on any atom is 0.0980 e. The van der Waals surface area contributed by atoms with Crippen LogP contribution >= 0.6 is 0 Å². The maximum absolute atomic E-state index is 5.09. The molecule has 0 atom stereocenters. The molecule has 0 aliphatic heterocycles. The minimum absolute atomic E-state index is 0.194. The van der Waals surface area contributed by atoms with Gasteiger partial charge in [0, 0.05) is 5.56 Å². The van der Waals surface area contributed by atoms with Gasteiger partial charge in [-0.3, -0.25) is 0 Å². The van der Waals surface area contributed by atoms with Crippen LogP contribution in [-0.4, -0.2) is 0 Å². The van der Waals surface area contributed by atoms with E-state index < -0.39 is 0 Å². The van der Waals surface area contributed by atoms with Crippen molar-refractivity contribution in [2.75, 3.05) is 0 Å². The molecule has 0 aliphatic rings. The Morgan fingerprint density at radius 3 is 2.40 bits per heavy atom. The molecule has 1 aromatic heterocycles. The van der Waals surface area contributed by atoms with E-state index in [1.165, 1.54) is 11.1 Å². The van der Waals surface area contributed by atoms with Crippen molar-refractivity contribution in [2.24, 2.45) is 0 Å². The highest BCUT2D eigenvalue weighted by Crippen LogP contribution is 2.27. The van der Waals surface area contributed by atoms with Crippen molar-refractivity contribution in [3.05, 3.63) is 48.4 Å². The van der Waals surface area contributed by atoms with E-state index in [9.17, 15) is 0 Å². The molecule has 0 saturated heterocycles. The molecule has 1 heteroatoms. The van der Waals surface area contributed by atoms with Crippen molar-refractivity contribution < 1.29 is 4.42 Å². The van der Waals surface area contributed by atoms with Crippen molar-refractivity contribution in [3.63, 3.8) is 0 Å². The van der Waals surface area contributed by atoms with Gasteiger partial charge in [-0.1, -0.05) is 45.0 Å². The highest BCUT2D eigenvalue weighted by molar-refractivity contribution is 5.63. The molecule has 0 unspecified atom stereocenters. The lowest BCUT2D eigenvalue weighted by molar-refractivity contribution is 0.568. The summed E-state index contributed by atoms with van der Waals surface area (Å²) in [5.41, 5.74) is 3.90. The summed E-state index contributed by atoms with van der Waals surface area (Å²) in [6.07, 6.45) is 3.49. The fraction of sp³-hybridized carbons (Fsp3) is 0.286. The Balaban J connectivity index is 2.44.